The number of aldehydes is 1. The van der Waals surface area contributed by atoms with E-state index < -0.39 is 9.84 Å². The van der Waals surface area contributed by atoms with Crippen LogP contribution in [0.15, 0.2) is 41.8 Å². The summed E-state index contributed by atoms with van der Waals surface area (Å²) < 4.78 is 32.5. The second-order valence-corrected chi connectivity index (χ2v) is 10.4. The topological polar surface area (TPSA) is 158 Å². The third-order valence-corrected chi connectivity index (χ3v) is 7.77. The molecule has 1 aliphatic rings. The lowest BCUT2D eigenvalue weighted by Crippen LogP contribution is -2.19. The molecule has 0 bridgehead atoms. The van der Waals surface area contributed by atoms with Crippen molar-refractivity contribution in [3.8, 4) is 5.75 Å². The van der Waals surface area contributed by atoms with Gasteiger partial charge in [0.15, 0.2) is 21.1 Å². The molecule has 0 unspecified atom stereocenters. The number of amides is 1. The predicted molar refractivity (Wildman–Crippen MR) is 134 cm³/mol. The van der Waals surface area contributed by atoms with Gasteiger partial charge >= 0.3 is 0 Å². The van der Waals surface area contributed by atoms with Crippen molar-refractivity contribution in [2.24, 2.45) is 0 Å². The normalized spacial score (nSPS) is 12.7. The molecule has 4 heterocycles. The van der Waals surface area contributed by atoms with Crippen molar-refractivity contribution in [3.63, 3.8) is 0 Å². The molecule has 5 rings (SSSR count). The minimum Gasteiger partial charge on any atom is -0.491 e. The van der Waals surface area contributed by atoms with Gasteiger partial charge in [0.1, 0.15) is 11.4 Å². The number of rotatable bonds is 8. The first kappa shape index (κ1) is 24.3. The molecule has 1 amide bonds. The molecule has 4 aromatic rings. The van der Waals surface area contributed by atoms with Crippen LogP contribution in [-0.2, 0) is 22.8 Å². The number of sulfone groups is 1. The van der Waals surface area contributed by atoms with Crippen LogP contribution in [0.25, 0.3) is 11.0 Å². The predicted octanol–water partition coefficient (Wildman–Crippen LogP) is 1.91. The van der Waals surface area contributed by atoms with Gasteiger partial charge < -0.3 is 19.9 Å². The molecule has 0 saturated carbocycles. The van der Waals surface area contributed by atoms with Gasteiger partial charge in [-0.15, -0.1) is 0 Å². The van der Waals surface area contributed by atoms with Crippen molar-refractivity contribution < 1.29 is 22.7 Å². The molecule has 0 spiro atoms. The monoisotopic (exact) mass is 521 g/mol. The second-order valence-electron chi connectivity index (χ2n) is 8.23. The number of nitrogens with zero attached hydrogens (tertiary/aromatic N) is 5. The van der Waals surface area contributed by atoms with Crippen LogP contribution in [-0.4, -0.2) is 64.5 Å². The van der Waals surface area contributed by atoms with E-state index >= 15 is 0 Å². The van der Waals surface area contributed by atoms with E-state index in [-0.39, 0.29) is 40.6 Å². The molecular weight excluding hydrogens is 498 g/mol. The molecule has 3 aromatic heterocycles. The van der Waals surface area contributed by atoms with Crippen molar-refractivity contribution in [3.05, 3.63) is 59.3 Å². The van der Waals surface area contributed by atoms with Gasteiger partial charge in [0.05, 0.1) is 36.0 Å². The van der Waals surface area contributed by atoms with Crippen LogP contribution in [0.2, 0.25) is 0 Å². The average molecular weight is 522 g/mol. The summed E-state index contributed by atoms with van der Waals surface area (Å²) in [4.78, 5) is 41.3. The number of anilines is 2. The van der Waals surface area contributed by atoms with E-state index in [1.165, 1.54) is 19.3 Å². The van der Waals surface area contributed by atoms with Crippen molar-refractivity contribution in [1.82, 2.24) is 29.8 Å². The summed E-state index contributed by atoms with van der Waals surface area (Å²) in [5, 5.41) is 6.23. The number of carbonyl (C=O) groups is 2. The SMILES string of the molecule is CCS(=O)(=O)c1nccnc1Cn1c(C=O)cc2cnc(Nc3ccc(C(=O)NC)c4c3OCC4)nc21. The Morgan fingerprint density at radius 2 is 2.03 bits per heavy atom. The highest BCUT2D eigenvalue weighted by atomic mass is 32.2. The van der Waals surface area contributed by atoms with Crippen LogP contribution < -0.4 is 15.4 Å². The minimum atomic E-state index is -3.63. The Labute approximate surface area is 212 Å². The van der Waals surface area contributed by atoms with Gasteiger partial charge in [-0.3, -0.25) is 14.6 Å². The van der Waals surface area contributed by atoms with Gasteiger partial charge in [-0.05, 0) is 18.2 Å². The summed E-state index contributed by atoms with van der Waals surface area (Å²) in [5.74, 6) is 0.462. The van der Waals surface area contributed by atoms with E-state index in [1.807, 2.05) is 0 Å². The molecule has 1 aromatic carbocycles. The zero-order valence-corrected chi connectivity index (χ0v) is 20.9. The number of fused-ring (bicyclic) bond motifs is 2. The molecule has 190 valence electrons. The minimum absolute atomic E-state index is 0.0320. The van der Waals surface area contributed by atoms with E-state index in [9.17, 15) is 18.0 Å². The zero-order valence-electron chi connectivity index (χ0n) is 20.1. The number of hydrogen-bond acceptors (Lipinski definition) is 10. The number of hydrogen-bond donors (Lipinski definition) is 2. The standard InChI is InChI=1S/C24H23N7O5S/c1-3-37(34,35)23-19(26-7-8-27-23)12-31-15(13-32)10-14-11-28-24(30-21(14)31)29-18-5-4-17(22(33)25-2)16-6-9-36-20(16)18/h4-5,7-8,10-11,13H,3,6,9,12H2,1-2H3,(H,25,33)(H,28,29,30). The highest BCUT2D eigenvalue weighted by Crippen LogP contribution is 2.37. The molecule has 13 heteroatoms. The lowest BCUT2D eigenvalue weighted by molar-refractivity contribution is 0.0962. The van der Waals surface area contributed by atoms with Gasteiger partial charge in [0, 0.05) is 48.6 Å². The number of benzene rings is 1. The maximum atomic E-state index is 12.6. The number of aromatic nitrogens is 5. The first-order valence-corrected chi connectivity index (χ1v) is 13.1. The molecule has 2 N–H and O–H groups in total. The maximum absolute atomic E-state index is 12.6. The number of ether oxygens (including phenoxy) is 1. The molecule has 0 saturated heterocycles. The van der Waals surface area contributed by atoms with Crippen LogP contribution in [0.3, 0.4) is 0 Å². The van der Waals surface area contributed by atoms with Gasteiger partial charge in [-0.2, -0.15) is 4.98 Å². The summed E-state index contributed by atoms with van der Waals surface area (Å²) in [6.07, 6.45) is 5.55. The largest absolute Gasteiger partial charge is 0.491 e. The molecule has 12 nitrogen and oxygen atoms in total. The van der Waals surface area contributed by atoms with Crippen LogP contribution in [0.4, 0.5) is 11.6 Å². The number of carbonyl (C=O) groups excluding carboxylic acids is 2. The smallest absolute Gasteiger partial charge is 0.251 e. The fourth-order valence-corrected chi connectivity index (χ4v) is 5.23. The van der Waals surface area contributed by atoms with Crippen molar-refractivity contribution in [1.29, 1.82) is 0 Å². The quantitative estimate of drug-likeness (QED) is 0.328. The summed E-state index contributed by atoms with van der Waals surface area (Å²) >= 11 is 0. The highest BCUT2D eigenvalue weighted by Gasteiger charge is 2.25. The highest BCUT2D eigenvalue weighted by molar-refractivity contribution is 7.91. The van der Waals surface area contributed by atoms with E-state index in [2.05, 4.69) is 30.6 Å². The maximum Gasteiger partial charge on any atom is 0.251 e. The Bertz CT molecular complexity index is 1650. The number of nitrogens with one attached hydrogen (secondary N) is 2. The van der Waals surface area contributed by atoms with Gasteiger partial charge in [0.2, 0.25) is 5.95 Å². The Morgan fingerprint density at radius 1 is 1.22 bits per heavy atom. The van der Waals surface area contributed by atoms with Crippen LogP contribution in [0.5, 0.6) is 5.75 Å². The molecule has 0 fully saturated rings. The lowest BCUT2D eigenvalue weighted by atomic mass is 10.0. The van der Waals surface area contributed by atoms with E-state index in [0.29, 0.717) is 47.3 Å². The van der Waals surface area contributed by atoms with Gasteiger partial charge in [-0.25, -0.2) is 18.4 Å². The zero-order chi connectivity index (χ0) is 26.2. The van der Waals surface area contributed by atoms with Crippen LogP contribution >= 0.6 is 0 Å². The van der Waals surface area contributed by atoms with Crippen LogP contribution in [0, 0.1) is 0 Å². The third kappa shape index (κ3) is 4.37. The molecule has 1 aliphatic heterocycles. The van der Waals surface area contributed by atoms with Crippen LogP contribution in [0.1, 0.15) is 39.0 Å². The Hall–Kier alpha value is -4.39. The molecule has 0 atom stereocenters. The second kappa shape index (κ2) is 9.58. The van der Waals surface area contributed by atoms with Gasteiger partial charge in [0.25, 0.3) is 5.91 Å². The van der Waals surface area contributed by atoms with Crippen molar-refractivity contribution in [2.45, 2.75) is 24.9 Å². The summed E-state index contributed by atoms with van der Waals surface area (Å²) in [5.41, 5.74) is 2.83. The van der Waals surface area contributed by atoms with E-state index in [4.69, 9.17) is 4.74 Å². The molecule has 0 radical (unpaired) electrons. The summed E-state index contributed by atoms with van der Waals surface area (Å²) in [6, 6.07) is 5.05. The Kier molecular flexibility index (Phi) is 6.29. The first-order valence-electron chi connectivity index (χ1n) is 11.5. The lowest BCUT2D eigenvalue weighted by Gasteiger charge is -2.13. The van der Waals surface area contributed by atoms with Crippen molar-refractivity contribution in [2.75, 3.05) is 24.7 Å². The van der Waals surface area contributed by atoms with Gasteiger partial charge in [-0.1, -0.05) is 6.92 Å². The fourth-order valence-electron chi connectivity index (χ4n) is 4.25. The van der Waals surface area contributed by atoms with E-state index in [1.54, 1.807) is 36.0 Å². The average Bonchev–Trinajstić information content (AvgIpc) is 3.54. The summed E-state index contributed by atoms with van der Waals surface area (Å²) in [6.45, 7) is 1.95. The first-order chi connectivity index (χ1) is 17.9. The van der Waals surface area contributed by atoms with E-state index in [0.717, 1.165) is 5.56 Å². The van der Waals surface area contributed by atoms with Crippen molar-refractivity contribution >= 4 is 44.7 Å². The molecular formula is C24H23N7O5S. The molecule has 37 heavy (non-hydrogen) atoms. The fraction of sp³-hybridized carbons (Fsp3) is 0.250. The Balaban J connectivity index is 1.55. The molecule has 0 aliphatic carbocycles. The third-order valence-electron chi connectivity index (χ3n) is 6.08. The Morgan fingerprint density at radius 3 is 2.78 bits per heavy atom. The summed E-state index contributed by atoms with van der Waals surface area (Å²) in [7, 11) is -2.06.